The van der Waals surface area contributed by atoms with Crippen LogP contribution in [0, 0.1) is 5.82 Å². The molecule has 9 nitrogen and oxygen atoms in total. The number of amides is 2. The number of benzene rings is 2. The number of rotatable bonds is 5. The Morgan fingerprint density at radius 2 is 1.88 bits per heavy atom. The van der Waals surface area contributed by atoms with Crippen molar-refractivity contribution in [3.8, 4) is 11.3 Å². The molecule has 1 aliphatic carbocycles. The average Bonchev–Trinajstić information content (AvgIpc) is 3.59. The van der Waals surface area contributed by atoms with Crippen LogP contribution in [0.2, 0.25) is 0 Å². The number of anilines is 1. The monoisotopic (exact) mass is 568 g/mol. The topological polar surface area (TPSA) is 92.1 Å². The van der Waals surface area contributed by atoms with Gasteiger partial charge in [-0.05, 0) is 61.6 Å². The number of hydrogen-bond acceptors (Lipinski definition) is 6. The summed E-state index contributed by atoms with van der Waals surface area (Å²) in [6.07, 6.45) is 2.85. The fourth-order valence-electron chi connectivity index (χ4n) is 6.28. The minimum atomic E-state index is -0.463. The maximum Gasteiger partial charge on any atom is 0.407 e. The highest BCUT2D eigenvalue weighted by molar-refractivity contribution is 5.93. The molecule has 0 unspecified atom stereocenters. The van der Waals surface area contributed by atoms with Gasteiger partial charge in [0.2, 0.25) is 0 Å². The molecule has 0 spiro atoms. The lowest BCUT2D eigenvalue weighted by molar-refractivity contribution is 0.0671. The van der Waals surface area contributed by atoms with Crippen molar-refractivity contribution in [2.24, 2.45) is 0 Å². The van der Waals surface area contributed by atoms with Crippen LogP contribution in [0.1, 0.15) is 65.5 Å². The predicted octanol–water partition coefficient (Wildman–Crippen LogP) is 5.11. The van der Waals surface area contributed by atoms with Gasteiger partial charge < -0.3 is 19.9 Å². The van der Waals surface area contributed by atoms with Gasteiger partial charge in [0.15, 0.2) is 5.65 Å². The Hall–Kier alpha value is -4.47. The third kappa shape index (κ3) is 4.74. The van der Waals surface area contributed by atoms with Crippen LogP contribution < -0.4 is 10.2 Å². The summed E-state index contributed by atoms with van der Waals surface area (Å²) >= 11 is 0. The standard InChI is InChI=1S/C32H33FN6O3/c1-19-24-6-4-3-5-20(24)11-14-38(19)31(40)28-16-29(21-7-8-21)39-30(35-28)17-27(36-39)25-10-9-22(15-26(25)33)37-13-12-23(18-37)42-32(41)34-2/h3-6,9-10,15-17,19,21,23H,7-8,11-14,18H2,1-2H3,(H,34,41)/t19-,23-/m1/s1. The van der Waals surface area contributed by atoms with Crippen molar-refractivity contribution in [3.05, 3.63) is 82.9 Å². The number of alkyl carbamates (subject to hydrolysis) is 1. The van der Waals surface area contributed by atoms with Crippen molar-refractivity contribution in [2.75, 3.05) is 31.6 Å². The third-order valence-corrected chi connectivity index (χ3v) is 8.74. The Bertz CT molecular complexity index is 1700. The maximum atomic E-state index is 15.5. The van der Waals surface area contributed by atoms with Crippen molar-refractivity contribution in [1.29, 1.82) is 0 Å². The van der Waals surface area contributed by atoms with Gasteiger partial charge in [0.25, 0.3) is 5.91 Å². The third-order valence-electron chi connectivity index (χ3n) is 8.74. The van der Waals surface area contributed by atoms with E-state index in [1.54, 1.807) is 16.6 Å². The Balaban J connectivity index is 1.17. The molecule has 0 radical (unpaired) electrons. The van der Waals surface area contributed by atoms with Gasteiger partial charge in [0, 0.05) is 55.5 Å². The molecule has 2 aliphatic heterocycles. The molecule has 1 saturated heterocycles. The number of fused-ring (bicyclic) bond motifs is 2. The molecule has 2 aromatic heterocycles. The van der Waals surface area contributed by atoms with Gasteiger partial charge in [-0.25, -0.2) is 18.7 Å². The predicted molar refractivity (Wildman–Crippen MR) is 156 cm³/mol. The normalized spacial score (nSPS) is 20.1. The van der Waals surface area contributed by atoms with Crippen molar-refractivity contribution >= 4 is 23.3 Å². The first kappa shape index (κ1) is 26.4. The molecule has 1 N–H and O–H groups in total. The summed E-state index contributed by atoms with van der Waals surface area (Å²) < 4.78 is 22.6. The van der Waals surface area contributed by atoms with Gasteiger partial charge in [0.1, 0.15) is 17.6 Å². The molecule has 42 heavy (non-hydrogen) atoms. The van der Waals surface area contributed by atoms with Gasteiger partial charge in [0.05, 0.1) is 18.3 Å². The molecule has 2 fully saturated rings. The zero-order valence-electron chi connectivity index (χ0n) is 23.7. The minimum Gasteiger partial charge on any atom is -0.444 e. The van der Waals surface area contributed by atoms with E-state index < -0.39 is 11.9 Å². The lowest BCUT2D eigenvalue weighted by atomic mass is 9.93. The highest BCUT2D eigenvalue weighted by Crippen LogP contribution is 2.41. The Morgan fingerprint density at radius 1 is 1.05 bits per heavy atom. The van der Waals surface area contributed by atoms with E-state index in [1.807, 2.05) is 34.1 Å². The van der Waals surface area contributed by atoms with Gasteiger partial charge in [-0.15, -0.1) is 0 Å². The van der Waals surface area contributed by atoms with E-state index in [4.69, 9.17) is 14.8 Å². The van der Waals surface area contributed by atoms with Crippen molar-refractivity contribution in [3.63, 3.8) is 0 Å². The molecule has 10 heteroatoms. The van der Waals surface area contributed by atoms with Crippen LogP contribution in [-0.2, 0) is 11.2 Å². The second-order valence-electron chi connectivity index (χ2n) is 11.4. The maximum absolute atomic E-state index is 15.5. The SMILES string of the molecule is CNC(=O)O[C@@H]1CCN(c2ccc(-c3cc4nc(C(=O)N5CCc6ccccc6[C@H]5C)cc(C5CC5)n4n3)c(F)c2)C1. The van der Waals surface area contributed by atoms with E-state index in [-0.39, 0.29) is 18.1 Å². The average molecular weight is 569 g/mol. The second kappa shape index (κ2) is 10.4. The molecule has 7 rings (SSSR count). The minimum absolute atomic E-state index is 0.0424. The molecule has 2 aromatic carbocycles. The number of halogens is 1. The van der Waals surface area contributed by atoms with Crippen LogP contribution in [0.4, 0.5) is 14.9 Å². The summed E-state index contributed by atoms with van der Waals surface area (Å²) in [6, 6.07) is 17.0. The van der Waals surface area contributed by atoms with Crippen LogP contribution in [0.5, 0.6) is 0 Å². The lowest BCUT2D eigenvalue weighted by Gasteiger charge is -2.35. The van der Waals surface area contributed by atoms with E-state index in [0.29, 0.717) is 54.6 Å². The highest BCUT2D eigenvalue weighted by atomic mass is 19.1. The number of nitrogens with one attached hydrogen (secondary N) is 1. The number of nitrogens with zero attached hydrogens (tertiary/aromatic N) is 5. The number of carbonyl (C=O) groups excluding carboxylic acids is 2. The van der Waals surface area contributed by atoms with Crippen molar-refractivity contribution < 1.29 is 18.7 Å². The molecular formula is C32H33FN6O3. The van der Waals surface area contributed by atoms with E-state index in [2.05, 4.69) is 24.4 Å². The van der Waals surface area contributed by atoms with Gasteiger partial charge in [-0.1, -0.05) is 24.3 Å². The molecule has 216 valence electrons. The summed E-state index contributed by atoms with van der Waals surface area (Å²) in [6.45, 7) is 3.88. The quantitative estimate of drug-likeness (QED) is 0.360. The number of hydrogen-bond donors (Lipinski definition) is 1. The molecule has 0 bridgehead atoms. The molecule has 3 aliphatic rings. The largest absolute Gasteiger partial charge is 0.444 e. The van der Waals surface area contributed by atoms with Crippen molar-refractivity contribution in [1.82, 2.24) is 24.8 Å². The zero-order chi connectivity index (χ0) is 29.0. The fraction of sp³-hybridized carbons (Fsp3) is 0.375. The second-order valence-corrected chi connectivity index (χ2v) is 11.4. The van der Waals surface area contributed by atoms with Crippen LogP contribution in [0.25, 0.3) is 16.9 Å². The number of ether oxygens (including phenoxy) is 1. The smallest absolute Gasteiger partial charge is 0.407 e. The number of carbonyl (C=O) groups is 2. The summed E-state index contributed by atoms with van der Waals surface area (Å²) in [7, 11) is 1.53. The van der Waals surface area contributed by atoms with E-state index in [9.17, 15) is 9.59 Å². The lowest BCUT2D eigenvalue weighted by Crippen LogP contribution is -2.39. The first-order valence-corrected chi connectivity index (χ1v) is 14.6. The summed E-state index contributed by atoms with van der Waals surface area (Å²) in [5, 5.41) is 7.22. The first-order valence-electron chi connectivity index (χ1n) is 14.6. The Labute approximate surface area is 243 Å². The molecule has 1 saturated carbocycles. The first-order chi connectivity index (χ1) is 20.4. The van der Waals surface area contributed by atoms with Crippen LogP contribution in [0.3, 0.4) is 0 Å². The van der Waals surface area contributed by atoms with Crippen LogP contribution in [-0.4, -0.2) is 64.3 Å². The summed E-state index contributed by atoms with van der Waals surface area (Å²) in [4.78, 5) is 34.0. The zero-order valence-corrected chi connectivity index (χ0v) is 23.7. The molecular weight excluding hydrogens is 535 g/mol. The van der Waals surface area contributed by atoms with Crippen LogP contribution in [0.15, 0.2) is 54.6 Å². The molecule has 2 amide bonds. The van der Waals surface area contributed by atoms with Gasteiger partial charge in [-0.3, -0.25) is 4.79 Å². The highest BCUT2D eigenvalue weighted by Gasteiger charge is 2.33. The van der Waals surface area contributed by atoms with E-state index in [1.165, 1.54) is 24.2 Å². The summed E-state index contributed by atoms with van der Waals surface area (Å²) in [5.74, 6) is -0.178. The van der Waals surface area contributed by atoms with Gasteiger partial charge >= 0.3 is 6.09 Å². The van der Waals surface area contributed by atoms with Crippen molar-refractivity contribution in [2.45, 2.75) is 50.7 Å². The fourth-order valence-corrected chi connectivity index (χ4v) is 6.28. The molecule has 4 heterocycles. The Kier molecular flexibility index (Phi) is 6.56. The Morgan fingerprint density at radius 3 is 2.67 bits per heavy atom. The summed E-state index contributed by atoms with van der Waals surface area (Å²) in [5.41, 5.74) is 5.92. The molecule has 4 aromatic rings. The van der Waals surface area contributed by atoms with Gasteiger partial charge in [-0.2, -0.15) is 5.10 Å². The molecule has 2 atom stereocenters. The van der Waals surface area contributed by atoms with Crippen LogP contribution >= 0.6 is 0 Å². The van der Waals surface area contributed by atoms with E-state index >= 15 is 4.39 Å². The number of aromatic nitrogens is 3. The van der Waals surface area contributed by atoms with E-state index in [0.717, 1.165) is 30.6 Å².